The minimum atomic E-state index is -1.25. The van der Waals surface area contributed by atoms with Crippen molar-refractivity contribution in [2.45, 2.75) is 18.6 Å². The molecule has 1 aromatic rings. The van der Waals surface area contributed by atoms with Crippen LogP contribution in [0.3, 0.4) is 0 Å². The van der Waals surface area contributed by atoms with E-state index in [0.29, 0.717) is 5.02 Å². The first-order chi connectivity index (χ1) is 7.06. The maximum Gasteiger partial charge on any atom is 0.129 e. The van der Waals surface area contributed by atoms with Crippen LogP contribution in [0.15, 0.2) is 12.3 Å². The van der Waals surface area contributed by atoms with Gasteiger partial charge in [-0.05, 0) is 6.07 Å². The lowest BCUT2D eigenvalue weighted by Crippen LogP contribution is -2.19. The van der Waals surface area contributed by atoms with Crippen LogP contribution in [0.5, 0.6) is 0 Å². The first-order valence-corrected chi connectivity index (χ1v) is 4.58. The second-order valence-electron chi connectivity index (χ2n) is 3.00. The zero-order chi connectivity index (χ0) is 11.4. The number of nitrogens with two attached hydrogens (primary N) is 1. The Labute approximate surface area is 91.7 Å². The number of pyridine rings is 1. The van der Waals surface area contributed by atoms with Crippen LogP contribution >= 0.6 is 11.6 Å². The van der Waals surface area contributed by atoms with Gasteiger partial charge >= 0.3 is 0 Å². The number of halogens is 1. The van der Waals surface area contributed by atoms with Gasteiger partial charge in [-0.3, -0.25) is 0 Å². The van der Waals surface area contributed by atoms with Gasteiger partial charge in [-0.1, -0.05) is 11.6 Å². The van der Waals surface area contributed by atoms with Crippen molar-refractivity contribution in [1.82, 2.24) is 4.98 Å². The summed E-state index contributed by atoms with van der Waals surface area (Å²) in [4.78, 5) is 3.73. The number of nitrogens with zero attached hydrogens (tertiary/aromatic N) is 2. The zero-order valence-electron chi connectivity index (χ0n) is 7.76. The first-order valence-electron chi connectivity index (χ1n) is 4.20. The molecule has 0 aliphatic carbocycles. The van der Waals surface area contributed by atoms with Crippen LogP contribution in [-0.2, 0) is 0 Å². The van der Waals surface area contributed by atoms with E-state index in [1.54, 1.807) is 6.07 Å². The summed E-state index contributed by atoms with van der Waals surface area (Å²) in [6.07, 6.45) is -1.30. The number of aliphatic hydroxyl groups is 2. The predicted octanol–water partition coefficient (Wildman–Crippen LogP) is 0.625. The van der Waals surface area contributed by atoms with Crippen molar-refractivity contribution in [2.75, 3.05) is 5.73 Å². The quantitative estimate of drug-likeness (QED) is 0.703. The van der Waals surface area contributed by atoms with Crippen molar-refractivity contribution < 1.29 is 10.2 Å². The molecule has 2 atom stereocenters. The smallest absolute Gasteiger partial charge is 0.129 e. The molecule has 1 heterocycles. The molecule has 2 unspecified atom stereocenters. The molecule has 0 bridgehead atoms. The van der Waals surface area contributed by atoms with E-state index < -0.39 is 12.2 Å². The van der Waals surface area contributed by atoms with E-state index in [-0.39, 0.29) is 17.8 Å². The molecule has 0 aliphatic heterocycles. The molecular weight excluding hydrogens is 218 g/mol. The number of aromatic nitrogens is 1. The van der Waals surface area contributed by atoms with Gasteiger partial charge in [0.1, 0.15) is 11.9 Å². The minimum Gasteiger partial charge on any atom is -0.389 e. The van der Waals surface area contributed by atoms with Gasteiger partial charge < -0.3 is 15.9 Å². The van der Waals surface area contributed by atoms with Gasteiger partial charge in [0.15, 0.2) is 0 Å². The van der Waals surface area contributed by atoms with Gasteiger partial charge in [0.05, 0.1) is 23.6 Å². The molecule has 0 radical (unpaired) electrons. The van der Waals surface area contributed by atoms with Crippen LogP contribution in [0, 0.1) is 11.3 Å². The predicted molar refractivity (Wildman–Crippen MR) is 54.9 cm³/mol. The minimum absolute atomic E-state index is 0.0869. The fraction of sp³-hybridized carbons (Fsp3) is 0.333. The van der Waals surface area contributed by atoms with Gasteiger partial charge in [-0.2, -0.15) is 5.26 Å². The molecule has 0 amide bonds. The molecular formula is C9H10ClN3O2. The summed E-state index contributed by atoms with van der Waals surface area (Å²) in [6.45, 7) is 0. The van der Waals surface area contributed by atoms with E-state index in [2.05, 4.69) is 4.98 Å². The van der Waals surface area contributed by atoms with Crippen molar-refractivity contribution in [3.63, 3.8) is 0 Å². The van der Waals surface area contributed by atoms with E-state index in [0.717, 1.165) is 0 Å². The maximum atomic E-state index is 9.65. The lowest BCUT2D eigenvalue weighted by atomic mass is 10.0. The molecule has 0 spiro atoms. The van der Waals surface area contributed by atoms with E-state index in [1.807, 2.05) is 0 Å². The van der Waals surface area contributed by atoms with Crippen LogP contribution in [0.2, 0.25) is 5.02 Å². The third kappa shape index (κ3) is 2.80. The molecule has 4 N–H and O–H groups in total. The highest BCUT2D eigenvalue weighted by molar-refractivity contribution is 6.30. The van der Waals surface area contributed by atoms with E-state index in [9.17, 15) is 10.2 Å². The molecule has 15 heavy (non-hydrogen) atoms. The summed E-state index contributed by atoms with van der Waals surface area (Å²) in [5, 5.41) is 27.7. The number of hydrogen-bond donors (Lipinski definition) is 3. The van der Waals surface area contributed by atoms with Gasteiger partial charge in [0.2, 0.25) is 0 Å². The van der Waals surface area contributed by atoms with Crippen molar-refractivity contribution in [3.05, 3.63) is 22.8 Å². The monoisotopic (exact) mass is 227 g/mol. The van der Waals surface area contributed by atoms with Crippen molar-refractivity contribution in [1.29, 1.82) is 5.26 Å². The Morgan fingerprint density at radius 1 is 1.60 bits per heavy atom. The van der Waals surface area contributed by atoms with E-state index >= 15 is 0 Å². The van der Waals surface area contributed by atoms with Crippen LogP contribution in [0.1, 0.15) is 18.1 Å². The molecule has 0 saturated carbocycles. The molecule has 0 aromatic carbocycles. The molecule has 6 heteroatoms. The SMILES string of the molecule is N#CCC(O)C(O)c1cc(Cl)cnc1N. The molecule has 5 nitrogen and oxygen atoms in total. The number of nitriles is 1. The van der Waals surface area contributed by atoms with Crippen LogP contribution < -0.4 is 5.73 Å². The number of aliphatic hydroxyl groups excluding tert-OH is 2. The normalized spacial score (nSPS) is 14.3. The fourth-order valence-electron chi connectivity index (χ4n) is 1.11. The number of hydrogen-bond acceptors (Lipinski definition) is 5. The Kier molecular flexibility index (Phi) is 3.86. The fourth-order valence-corrected chi connectivity index (χ4v) is 1.28. The third-order valence-electron chi connectivity index (χ3n) is 1.90. The zero-order valence-corrected chi connectivity index (χ0v) is 8.52. The summed E-state index contributed by atoms with van der Waals surface area (Å²) in [7, 11) is 0. The van der Waals surface area contributed by atoms with Crippen LogP contribution in [0.4, 0.5) is 5.82 Å². The molecule has 0 aliphatic rings. The van der Waals surface area contributed by atoms with Crippen LogP contribution in [0.25, 0.3) is 0 Å². The summed E-state index contributed by atoms with van der Waals surface area (Å²) in [6, 6.07) is 3.16. The number of rotatable bonds is 3. The lowest BCUT2D eigenvalue weighted by Gasteiger charge is -2.16. The van der Waals surface area contributed by atoms with E-state index in [1.165, 1.54) is 12.3 Å². The highest BCUT2D eigenvalue weighted by atomic mass is 35.5. The van der Waals surface area contributed by atoms with Crippen molar-refractivity contribution >= 4 is 17.4 Å². The van der Waals surface area contributed by atoms with Gasteiger partial charge in [0, 0.05) is 11.8 Å². The standard InChI is InChI=1S/C9H10ClN3O2/c10-5-3-6(9(12)13-4-5)8(15)7(14)1-2-11/h3-4,7-8,14-15H,1H2,(H2,12,13). The maximum absolute atomic E-state index is 9.65. The highest BCUT2D eigenvalue weighted by Gasteiger charge is 2.21. The molecule has 0 saturated heterocycles. The molecule has 80 valence electrons. The Morgan fingerprint density at radius 3 is 2.87 bits per heavy atom. The average molecular weight is 228 g/mol. The summed E-state index contributed by atoms with van der Waals surface area (Å²) in [5.74, 6) is 0.0869. The van der Waals surface area contributed by atoms with Crippen molar-refractivity contribution in [2.24, 2.45) is 0 Å². The summed E-state index contributed by atoms with van der Waals surface area (Å²) in [5.41, 5.74) is 5.73. The highest BCUT2D eigenvalue weighted by Crippen LogP contribution is 2.25. The second-order valence-corrected chi connectivity index (χ2v) is 3.44. The Morgan fingerprint density at radius 2 is 2.27 bits per heavy atom. The van der Waals surface area contributed by atoms with Gasteiger partial charge in [-0.15, -0.1) is 0 Å². The van der Waals surface area contributed by atoms with E-state index in [4.69, 9.17) is 22.6 Å². The second kappa shape index (κ2) is 4.94. The first kappa shape index (κ1) is 11.7. The Balaban J connectivity index is 2.95. The number of nitrogen functional groups attached to an aromatic ring is 1. The summed E-state index contributed by atoms with van der Waals surface area (Å²) >= 11 is 5.67. The average Bonchev–Trinajstić information content (AvgIpc) is 2.21. The van der Waals surface area contributed by atoms with Crippen LogP contribution in [-0.4, -0.2) is 21.3 Å². The Bertz CT molecular complexity index is 391. The summed E-state index contributed by atoms with van der Waals surface area (Å²) < 4.78 is 0. The molecule has 1 aromatic heterocycles. The Hall–Kier alpha value is -1.35. The molecule has 1 rings (SSSR count). The van der Waals surface area contributed by atoms with Gasteiger partial charge in [0.25, 0.3) is 0 Å². The largest absolute Gasteiger partial charge is 0.389 e. The van der Waals surface area contributed by atoms with Crippen molar-refractivity contribution in [3.8, 4) is 6.07 Å². The molecule has 0 fully saturated rings. The topological polar surface area (TPSA) is 103 Å². The lowest BCUT2D eigenvalue weighted by molar-refractivity contribution is 0.0219. The number of anilines is 1. The third-order valence-corrected chi connectivity index (χ3v) is 2.11. The van der Waals surface area contributed by atoms with Gasteiger partial charge in [-0.25, -0.2) is 4.98 Å².